The summed E-state index contributed by atoms with van der Waals surface area (Å²) < 4.78 is 41.8. The first-order valence-electron chi connectivity index (χ1n) is 6.45. The van der Waals surface area contributed by atoms with Gasteiger partial charge in [-0.25, -0.2) is 9.59 Å². The number of urea groups is 1. The van der Waals surface area contributed by atoms with Gasteiger partial charge in [0, 0.05) is 10.2 Å². The summed E-state index contributed by atoms with van der Waals surface area (Å²) in [5, 5.41) is 4.86. The van der Waals surface area contributed by atoms with E-state index < -0.39 is 30.8 Å². The van der Waals surface area contributed by atoms with E-state index in [1.165, 1.54) is 6.92 Å². The van der Waals surface area contributed by atoms with Crippen molar-refractivity contribution in [3.8, 4) is 0 Å². The highest BCUT2D eigenvalue weighted by atomic mass is 79.9. The number of nitrogens with one attached hydrogen (secondary N) is 2. The molecule has 1 aliphatic heterocycles. The van der Waals surface area contributed by atoms with Gasteiger partial charge >= 0.3 is 18.2 Å². The Balaban J connectivity index is 2.31. The van der Waals surface area contributed by atoms with Crippen LogP contribution in [0.15, 0.2) is 40.0 Å². The molecule has 0 fully saturated rings. The smallest absolute Gasteiger partial charge is 0.422 e. The number of hydrogen-bond donors (Lipinski definition) is 2. The molecule has 2 amide bonds. The SMILES string of the molecule is CC1=C(C(=O)OCC(F)(F)F)[C@H](c2ccc(Br)cc2)NC(=O)N1. The molecule has 124 valence electrons. The van der Waals surface area contributed by atoms with Gasteiger partial charge in [0.1, 0.15) is 0 Å². The molecular formula is C14H12BrF3N2O3. The Kier molecular flexibility index (Phi) is 4.98. The van der Waals surface area contributed by atoms with Gasteiger partial charge in [-0.15, -0.1) is 0 Å². The number of amides is 2. The zero-order chi connectivity index (χ0) is 17.2. The van der Waals surface area contributed by atoms with Crippen LogP contribution in [0.1, 0.15) is 18.5 Å². The summed E-state index contributed by atoms with van der Waals surface area (Å²) in [4.78, 5) is 23.6. The summed E-state index contributed by atoms with van der Waals surface area (Å²) in [6.07, 6.45) is -4.62. The highest BCUT2D eigenvalue weighted by Crippen LogP contribution is 2.29. The van der Waals surface area contributed by atoms with Crippen LogP contribution in [0.25, 0.3) is 0 Å². The zero-order valence-electron chi connectivity index (χ0n) is 11.8. The average Bonchev–Trinajstić information content (AvgIpc) is 2.44. The molecule has 1 aliphatic rings. The molecule has 0 aliphatic carbocycles. The lowest BCUT2D eigenvalue weighted by Gasteiger charge is -2.28. The fraction of sp³-hybridized carbons (Fsp3) is 0.286. The van der Waals surface area contributed by atoms with Gasteiger partial charge in [-0.1, -0.05) is 28.1 Å². The van der Waals surface area contributed by atoms with Crippen molar-refractivity contribution >= 4 is 27.9 Å². The van der Waals surface area contributed by atoms with E-state index in [0.717, 1.165) is 4.47 Å². The molecule has 5 nitrogen and oxygen atoms in total. The minimum atomic E-state index is -4.62. The topological polar surface area (TPSA) is 67.4 Å². The Morgan fingerprint density at radius 3 is 2.48 bits per heavy atom. The molecule has 1 heterocycles. The zero-order valence-corrected chi connectivity index (χ0v) is 13.4. The molecule has 0 unspecified atom stereocenters. The van der Waals surface area contributed by atoms with Gasteiger partial charge in [-0.05, 0) is 24.6 Å². The van der Waals surface area contributed by atoms with Gasteiger partial charge in [0.2, 0.25) is 0 Å². The fourth-order valence-electron chi connectivity index (χ4n) is 2.09. The molecule has 0 spiro atoms. The number of alkyl halides is 3. The van der Waals surface area contributed by atoms with Crippen molar-refractivity contribution in [2.24, 2.45) is 0 Å². The summed E-state index contributed by atoms with van der Waals surface area (Å²) in [6.45, 7) is -0.265. The number of allylic oxidation sites excluding steroid dienone is 1. The summed E-state index contributed by atoms with van der Waals surface area (Å²) in [7, 11) is 0. The molecule has 23 heavy (non-hydrogen) atoms. The van der Waals surface area contributed by atoms with E-state index in [1.807, 2.05) is 0 Å². The Hall–Kier alpha value is -2.03. The highest BCUT2D eigenvalue weighted by Gasteiger charge is 2.35. The molecule has 1 atom stereocenters. The maximum absolute atomic E-state index is 12.2. The summed E-state index contributed by atoms with van der Waals surface area (Å²) in [5.74, 6) is -1.14. The van der Waals surface area contributed by atoms with Crippen LogP contribution in [0.3, 0.4) is 0 Å². The standard InChI is InChI=1S/C14H12BrF3N2O3/c1-7-10(12(21)23-6-14(16,17)18)11(20-13(22)19-7)8-2-4-9(15)5-3-8/h2-5,11H,6H2,1H3,(H2,19,20,22)/t11-/m0/s1. The third-order valence-electron chi connectivity index (χ3n) is 3.06. The van der Waals surface area contributed by atoms with Crippen molar-refractivity contribution in [1.82, 2.24) is 10.6 Å². The lowest BCUT2D eigenvalue weighted by molar-refractivity contribution is -0.183. The van der Waals surface area contributed by atoms with Crippen molar-refractivity contribution in [2.45, 2.75) is 19.1 Å². The van der Waals surface area contributed by atoms with Crippen molar-refractivity contribution in [3.63, 3.8) is 0 Å². The summed E-state index contributed by atoms with van der Waals surface area (Å²) in [5.41, 5.74) is 0.617. The molecule has 2 rings (SSSR count). The molecule has 9 heteroatoms. The maximum Gasteiger partial charge on any atom is 0.422 e. The second-order valence-corrected chi connectivity index (χ2v) is 5.73. The predicted octanol–water partition coefficient (Wildman–Crippen LogP) is 3.18. The number of rotatable bonds is 3. The number of hydrogen-bond acceptors (Lipinski definition) is 3. The lowest BCUT2D eigenvalue weighted by atomic mass is 9.96. The van der Waals surface area contributed by atoms with E-state index in [9.17, 15) is 22.8 Å². The van der Waals surface area contributed by atoms with Gasteiger partial charge in [0.25, 0.3) is 0 Å². The first-order valence-corrected chi connectivity index (χ1v) is 7.24. The minimum Gasteiger partial charge on any atom is -0.453 e. The Morgan fingerprint density at radius 1 is 1.30 bits per heavy atom. The summed E-state index contributed by atoms with van der Waals surface area (Å²) in [6, 6.07) is 5.23. The molecular weight excluding hydrogens is 381 g/mol. The number of benzene rings is 1. The van der Waals surface area contributed by atoms with Crippen molar-refractivity contribution in [2.75, 3.05) is 6.61 Å². The molecule has 1 aromatic carbocycles. The largest absolute Gasteiger partial charge is 0.453 e. The second-order valence-electron chi connectivity index (χ2n) is 4.81. The number of halogens is 4. The quantitative estimate of drug-likeness (QED) is 0.776. The van der Waals surface area contributed by atoms with Crippen LogP contribution in [0.5, 0.6) is 0 Å². The van der Waals surface area contributed by atoms with Crippen LogP contribution in [0, 0.1) is 0 Å². The van der Waals surface area contributed by atoms with E-state index in [1.54, 1.807) is 24.3 Å². The molecule has 0 saturated heterocycles. The van der Waals surface area contributed by atoms with Crippen LogP contribution in [-0.2, 0) is 9.53 Å². The molecule has 0 aromatic heterocycles. The molecule has 0 saturated carbocycles. The fourth-order valence-corrected chi connectivity index (χ4v) is 2.36. The van der Waals surface area contributed by atoms with E-state index in [-0.39, 0.29) is 11.3 Å². The van der Waals surface area contributed by atoms with Crippen LogP contribution in [0.4, 0.5) is 18.0 Å². The number of carbonyl (C=O) groups excluding carboxylic acids is 2. The van der Waals surface area contributed by atoms with E-state index in [2.05, 4.69) is 31.3 Å². The maximum atomic E-state index is 12.2. The van der Waals surface area contributed by atoms with Gasteiger partial charge < -0.3 is 15.4 Å². The van der Waals surface area contributed by atoms with Gasteiger partial charge in [-0.3, -0.25) is 0 Å². The number of esters is 1. The van der Waals surface area contributed by atoms with Crippen LogP contribution >= 0.6 is 15.9 Å². The average molecular weight is 393 g/mol. The van der Waals surface area contributed by atoms with Crippen LogP contribution in [-0.4, -0.2) is 24.8 Å². The van der Waals surface area contributed by atoms with Crippen molar-refractivity contribution < 1.29 is 27.5 Å². The first-order chi connectivity index (χ1) is 10.7. The van der Waals surface area contributed by atoms with Crippen molar-refractivity contribution in [3.05, 3.63) is 45.6 Å². The van der Waals surface area contributed by atoms with Gasteiger partial charge in [0.05, 0.1) is 11.6 Å². The third-order valence-corrected chi connectivity index (χ3v) is 3.59. The normalized spacial score (nSPS) is 18.3. The first kappa shape index (κ1) is 17.3. The van der Waals surface area contributed by atoms with Crippen molar-refractivity contribution in [1.29, 1.82) is 0 Å². The third kappa shape index (κ3) is 4.47. The molecule has 2 N–H and O–H groups in total. The van der Waals surface area contributed by atoms with Crippen LogP contribution in [0.2, 0.25) is 0 Å². The Bertz CT molecular complexity index is 656. The van der Waals surface area contributed by atoms with Crippen LogP contribution < -0.4 is 10.6 Å². The minimum absolute atomic E-state index is 0.0730. The Labute approximate surface area is 138 Å². The van der Waals surface area contributed by atoms with Gasteiger partial charge in [0.15, 0.2) is 6.61 Å². The highest BCUT2D eigenvalue weighted by molar-refractivity contribution is 9.10. The summed E-state index contributed by atoms with van der Waals surface area (Å²) >= 11 is 3.26. The lowest BCUT2D eigenvalue weighted by Crippen LogP contribution is -2.45. The molecule has 0 bridgehead atoms. The van der Waals surface area contributed by atoms with E-state index in [4.69, 9.17) is 0 Å². The monoisotopic (exact) mass is 392 g/mol. The Morgan fingerprint density at radius 2 is 1.91 bits per heavy atom. The van der Waals surface area contributed by atoms with E-state index in [0.29, 0.717) is 5.56 Å². The molecule has 1 aromatic rings. The number of carbonyl (C=O) groups is 2. The van der Waals surface area contributed by atoms with Gasteiger partial charge in [-0.2, -0.15) is 13.2 Å². The van der Waals surface area contributed by atoms with E-state index >= 15 is 0 Å². The second kappa shape index (κ2) is 6.61. The molecule has 0 radical (unpaired) electrons. The predicted molar refractivity (Wildman–Crippen MR) is 78.3 cm³/mol. The number of ether oxygens (including phenoxy) is 1.